The molecule has 0 saturated carbocycles. The number of halogens is 2. The van der Waals surface area contributed by atoms with Crippen LogP contribution in [0.4, 0.5) is 8.78 Å². The molecule has 0 aliphatic carbocycles. The second kappa shape index (κ2) is 7.64. The summed E-state index contributed by atoms with van der Waals surface area (Å²) in [5.74, 6) is -2.17. The molecule has 2 N–H and O–H groups in total. The highest BCUT2D eigenvalue weighted by molar-refractivity contribution is 5.80. The van der Waals surface area contributed by atoms with Crippen molar-refractivity contribution in [3.63, 3.8) is 0 Å². The molecular weight excluding hydrogens is 306 g/mol. The van der Waals surface area contributed by atoms with Gasteiger partial charge < -0.3 is 15.2 Å². The van der Waals surface area contributed by atoms with Crippen LogP contribution in [0.2, 0.25) is 0 Å². The van der Waals surface area contributed by atoms with Gasteiger partial charge in [-0.2, -0.15) is 0 Å². The Morgan fingerprint density at radius 2 is 2.17 bits per heavy atom. The van der Waals surface area contributed by atoms with Crippen LogP contribution in [0.5, 0.6) is 11.6 Å². The fourth-order valence-corrected chi connectivity index (χ4v) is 1.80. The summed E-state index contributed by atoms with van der Waals surface area (Å²) in [5, 5.41) is 12.0. The number of rotatable bonds is 6. The Bertz CT molecular complexity index is 695. The summed E-state index contributed by atoms with van der Waals surface area (Å²) in [6.45, 7) is 1.74. The van der Waals surface area contributed by atoms with Crippen molar-refractivity contribution in [2.75, 3.05) is 0 Å². The van der Waals surface area contributed by atoms with Crippen molar-refractivity contribution in [2.24, 2.45) is 0 Å². The molecule has 122 valence electrons. The van der Waals surface area contributed by atoms with Crippen LogP contribution in [0.1, 0.15) is 18.9 Å². The van der Waals surface area contributed by atoms with Gasteiger partial charge in [0.25, 0.3) is 0 Å². The number of hydrogen-bond donors (Lipinski definition) is 2. The molecule has 2 aromatic rings. The quantitative estimate of drug-likeness (QED) is 0.857. The monoisotopic (exact) mass is 322 g/mol. The molecule has 1 heterocycles. The number of aliphatic hydroxyl groups is 1. The number of benzene rings is 1. The number of hydrogen-bond acceptors (Lipinski definition) is 4. The van der Waals surface area contributed by atoms with Crippen molar-refractivity contribution >= 4 is 5.91 Å². The summed E-state index contributed by atoms with van der Waals surface area (Å²) in [6.07, 6.45) is 0.650. The van der Waals surface area contributed by atoms with E-state index >= 15 is 0 Å². The number of aliphatic hydroxyl groups excluding tert-OH is 1. The fraction of sp³-hybridized carbons (Fsp3) is 0.250. The first kappa shape index (κ1) is 16.8. The maximum absolute atomic E-state index is 13.6. The third kappa shape index (κ3) is 4.46. The summed E-state index contributed by atoms with van der Waals surface area (Å²) in [7, 11) is 0. The van der Waals surface area contributed by atoms with Gasteiger partial charge in [-0.25, -0.2) is 13.8 Å². The highest BCUT2D eigenvalue weighted by Gasteiger charge is 2.14. The molecule has 0 fully saturated rings. The number of ether oxygens (including phenoxy) is 1. The summed E-state index contributed by atoms with van der Waals surface area (Å²) >= 11 is 0. The average Bonchev–Trinajstić information content (AvgIpc) is 2.55. The third-order valence-electron chi connectivity index (χ3n) is 3.09. The Kier molecular flexibility index (Phi) is 5.59. The van der Waals surface area contributed by atoms with E-state index in [0.717, 1.165) is 12.1 Å². The Hall–Kier alpha value is -2.54. The van der Waals surface area contributed by atoms with E-state index in [1.165, 1.54) is 6.20 Å². The molecule has 0 bridgehead atoms. The van der Waals surface area contributed by atoms with Crippen LogP contribution in [-0.2, 0) is 11.3 Å². The lowest BCUT2D eigenvalue weighted by Crippen LogP contribution is -2.33. The van der Waals surface area contributed by atoms with Crippen LogP contribution in [0.3, 0.4) is 0 Å². The first-order valence-electron chi connectivity index (χ1n) is 7.03. The number of amides is 1. The van der Waals surface area contributed by atoms with Gasteiger partial charge >= 0.3 is 0 Å². The zero-order chi connectivity index (χ0) is 16.8. The van der Waals surface area contributed by atoms with Crippen LogP contribution in [-0.4, -0.2) is 22.1 Å². The molecule has 7 heteroatoms. The summed E-state index contributed by atoms with van der Waals surface area (Å²) < 4.78 is 31.9. The maximum Gasteiger partial charge on any atom is 0.249 e. The van der Waals surface area contributed by atoms with Crippen molar-refractivity contribution in [3.05, 3.63) is 53.7 Å². The van der Waals surface area contributed by atoms with E-state index < -0.39 is 23.6 Å². The molecule has 0 aliphatic heterocycles. The van der Waals surface area contributed by atoms with Gasteiger partial charge in [0.2, 0.25) is 11.8 Å². The van der Waals surface area contributed by atoms with Crippen molar-refractivity contribution in [1.29, 1.82) is 0 Å². The van der Waals surface area contributed by atoms with E-state index in [4.69, 9.17) is 4.74 Å². The Balaban J connectivity index is 2.12. The SMILES string of the molecule is CC[C@@H](O)C(=O)NCc1cccnc1Oc1ccc(F)cc1F. The zero-order valence-corrected chi connectivity index (χ0v) is 12.4. The van der Waals surface area contributed by atoms with Gasteiger partial charge in [-0.1, -0.05) is 13.0 Å². The molecule has 1 aromatic heterocycles. The lowest BCUT2D eigenvalue weighted by atomic mass is 10.2. The van der Waals surface area contributed by atoms with Crippen LogP contribution in [0.25, 0.3) is 0 Å². The highest BCUT2D eigenvalue weighted by Crippen LogP contribution is 2.25. The van der Waals surface area contributed by atoms with Crippen LogP contribution in [0, 0.1) is 11.6 Å². The molecule has 0 aliphatic rings. The van der Waals surface area contributed by atoms with E-state index in [0.29, 0.717) is 18.1 Å². The molecule has 23 heavy (non-hydrogen) atoms. The Labute approximate surface area is 131 Å². The van der Waals surface area contributed by atoms with Gasteiger partial charge in [-0.15, -0.1) is 0 Å². The van der Waals surface area contributed by atoms with E-state index in [2.05, 4.69) is 10.3 Å². The Morgan fingerprint density at radius 3 is 2.87 bits per heavy atom. The van der Waals surface area contributed by atoms with Crippen LogP contribution < -0.4 is 10.1 Å². The summed E-state index contributed by atoms with van der Waals surface area (Å²) in [6, 6.07) is 6.20. The molecule has 1 amide bonds. The van der Waals surface area contributed by atoms with Gasteiger partial charge in [0.15, 0.2) is 11.6 Å². The highest BCUT2D eigenvalue weighted by atomic mass is 19.1. The first-order chi connectivity index (χ1) is 11.0. The lowest BCUT2D eigenvalue weighted by Gasteiger charge is -2.12. The molecule has 2 rings (SSSR count). The van der Waals surface area contributed by atoms with Crippen LogP contribution in [0.15, 0.2) is 36.5 Å². The first-order valence-corrected chi connectivity index (χ1v) is 7.03. The summed E-state index contributed by atoms with van der Waals surface area (Å²) in [5.41, 5.74) is 0.493. The second-order valence-corrected chi connectivity index (χ2v) is 4.79. The van der Waals surface area contributed by atoms with Gasteiger partial charge in [-0.05, 0) is 24.6 Å². The molecule has 5 nitrogen and oxygen atoms in total. The molecule has 0 spiro atoms. The minimum atomic E-state index is -1.09. The van der Waals surface area contributed by atoms with E-state index in [1.807, 2.05) is 0 Å². The fourth-order valence-electron chi connectivity index (χ4n) is 1.80. The van der Waals surface area contributed by atoms with E-state index in [9.17, 15) is 18.7 Å². The van der Waals surface area contributed by atoms with E-state index in [1.54, 1.807) is 19.1 Å². The van der Waals surface area contributed by atoms with Crippen molar-refractivity contribution in [3.8, 4) is 11.6 Å². The zero-order valence-electron chi connectivity index (χ0n) is 12.4. The predicted octanol–water partition coefficient (Wildman–Crippen LogP) is 2.54. The number of pyridine rings is 1. The molecule has 0 saturated heterocycles. The minimum Gasteiger partial charge on any atom is -0.436 e. The topological polar surface area (TPSA) is 71.5 Å². The lowest BCUT2D eigenvalue weighted by molar-refractivity contribution is -0.129. The molecule has 0 unspecified atom stereocenters. The van der Waals surface area contributed by atoms with Crippen molar-refractivity contribution in [2.45, 2.75) is 26.0 Å². The molecular formula is C16H16F2N2O3. The van der Waals surface area contributed by atoms with Gasteiger partial charge in [0, 0.05) is 24.4 Å². The number of aromatic nitrogens is 1. The molecule has 0 radical (unpaired) electrons. The number of nitrogens with zero attached hydrogens (tertiary/aromatic N) is 1. The third-order valence-corrected chi connectivity index (χ3v) is 3.09. The van der Waals surface area contributed by atoms with Crippen LogP contribution >= 0.6 is 0 Å². The molecule has 1 aromatic carbocycles. The number of nitrogens with one attached hydrogen (secondary N) is 1. The number of carbonyl (C=O) groups excluding carboxylic acids is 1. The molecule has 1 atom stereocenters. The predicted molar refractivity (Wildman–Crippen MR) is 78.8 cm³/mol. The maximum atomic E-state index is 13.6. The van der Waals surface area contributed by atoms with Gasteiger partial charge in [0.05, 0.1) is 0 Å². The second-order valence-electron chi connectivity index (χ2n) is 4.79. The van der Waals surface area contributed by atoms with E-state index in [-0.39, 0.29) is 18.2 Å². The van der Waals surface area contributed by atoms with Gasteiger partial charge in [0.1, 0.15) is 11.9 Å². The van der Waals surface area contributed by atoms with Crippen molar-refractivity contribution < 1.29 is 23.4 Å². The Morgan fingerprint density at radius 1 is 1.39 bits per heavy atom. The smallest absolute Gasteiger partial charge is 0.249 e. The minimum absolute atomic E-state index is 0.0574. The average molecular weight is 322 g/mol. The standard InChI is InChI=1S/C16H16F2N2O3/c1-2-13(21)15(22)20-9-10-4-3-7-19-16(10)23-14-6-5-11(17)8-12(14)18/h3-8,13,21H,2,9H2,1H3,(H,20,22)/t13-/m1/s1. The number of carbonyl (C=O) groups is 1. The van der Waals surface area contributed by atoms with Gasteiger partial charge in [-0.3, -0.25) is 4.79 Å². The van der Waals surface area contributed by atoms with Crippen molar-refractivity contribution in [1.82, 2.24) is 10.3 Å². The largest absolute Gasteiger partial charge is 0.436 e. The normalized spacial score (nSPS) is 11.8. The summed E-state index contributed by atoms with van der Waals surface area (Å²) in [4.78, 5) is 15.6.